The lowest BCUT2D eigenvalue weighted by Gasteiger charge is -2.27. The van der Waals surface area contributed by atoms with E-state index in [4.69, 9.17) is 25.9 Å². The van der Waals surface area contributed by atoms with Crippen molar-refractivity contribution in [2.45, 2.75) is 37.8 Å². The Labute approximate surface area is 169 Å². The zero-order valence-corrected chi connectivity index (χ0v) is 16.7. The molecule has 0 atom stereocenters. The molecule has 0 spiro atoms. The molecule has 8 heteroatoms. The number of methoxy groups -OCH3 is 2. The predicted octanol–water partition coefficient (Wildman–Crippen LogP) is 2.97. The second kappa shape index (κ2) is 8.08. The van der Waals surface area contributed by atoms with Gasteiger partial charge in [0, 0.05) is 17.6 Å². The zero-order chi connectivity index (χ0) is 20.4. The lowest BCUT2D eigenvalue weighted by atomic mass is 9.92. The minimum atomic E-state index is 0.230. The number of anilines is 2. The van der Waals surface area contributed by atoms with Crippen LogP contribution in [0.2, 0.25) is 0 Å². The van der Waals surface area contributed by atoms with E-state index >= 15 is 0 Å². The molecule has 1 fully saturated rings. The molecule has 2 heterocycles. The van der Waals surface area contributed by atoms with E-state index in [2.05, 4.69) is 15.3 Å². The molecular weight excluding hydrogens is 368 g/mol. The van der Waals surface area contributed by atoms with Gasteiger partial charge in [0.1, 0.15) is 5.52 Å². The Kier molecular flexibility index (Phi) is 5.35. The molecular formula is C21H26N6O2. The summed E-state index contributed by atoms with van der Waals surface area (Å²) in [5.74, 6) is 2.21. The van der Waals surface area contributed by atoms with Crippen molar-refractivity contribution in [1.82, 2.24) is 15.0 Å². The van der Waals surface area contributed by atoms with Crippen molar-refractivity contribution in [2.75, 3.05) is 25.3 Å². The zero-order valence-electron chi connectivity index (χ0n) is 16.7. The second-order valence-corrected chi connectivity index (χ2v) is 7.32. The molecule has 0 aliphatic heterocycles. The normalized spacial score (nSPS) is 19.1. The predicted molar refractivity (Wildman–Crippen MR) is 114 cm³/mol. The summed E-state index contributed by atoms with van der Waals surface area (Å²) >= 11 is 0. The first-order chi connectivity index (χ1) is 14.1. The Morgan fingerprint density at radius 1 is 0.931 bits per heavy atom. The maximum Gasteiger partial charge on any atom is 0.222 e. The van der Waals surface area contributed by atoms with E-state index < -0.39 is 0 Å². The standard InChI is InChI=1S/C21H26N6O2/c1-28-17-10-3-12(11-18(17)29-2)15-8-9-16-19(25-15)20(27-21(23)26-16)24-14-6-4-13(22)5-7-14/h3,8-11,13-14H,4-7,22H2,1-2H3,(H3,23,24,26,27). The van der Waals surface area contributed by atoms with E-state index in [9.17, 15) is 0 Å². The lowest BCUT2D eigenvalue weighted by Crippen LogP contribution is -2.33. The Balaban J connectivity index is 1.72. The van der Waals surface area contributed by atoms with Crippen LogP contribution >= 0.6 is 0 Å². The van der Waals surface area contributed by atoms with Gasteiger partial charge in [-0.2, -0.15) is 4.98 Å². The number of nitrogens with two attached hydrogens (primary N) is 2. The maximum absolute atomic E-state index is 6.03. The summed E-state index contributed by atoms with van der Waals surface area (Å²) in [4.78, 5) is 13.6. The average molecular weight is 394 g/mol. The molecule has 0 bridgehead atoms. The minimum absolute atomic E-state index is 0.230. The van der Waals surface area contributed by atoms with E-state index in [-0.39, 0.29) is 12.0 Å². The fourth-order valence-corrected chi connectivity index (χ4v) is 3.75. The molecule has 1 aliphatic carbocycles. The SMILES string of the molecule is COc1ccc(-c2ccc3nc(N)nc(NC4CCC(N)CC4)c3n2)cc1OC. The lowest BCUT2D eigenvalue weighted by molar-refractivity contribution is 0.355. The number of nitrogen functional groups attached to an aromatic ring is 1. The van der Waals surface area contributed by atoms with Crippen LogP contribution in [0, 0.1) is 0 Å². The number of nitrogens with zero attached hydrogens (tertiary/aromatic N) is 3. The Bertz CT molecular complexity index is 1020. The van der Waals surface area contributed by atoms with E-state index in [1.807, 2.05) is 30.3 Å². The van der Waals surface area contributed by atoms with Crippen molar-refractivity contribution in [3.05, 3.63) is 30.3 Å². The number of pyridine rings is 1. The largest absolute Gasteiger partial charge is 0.493 e. The molecule has 0 unspecified atom stereocenters. The van der Waals surface area contributed by atoms with Crippen LogP contribution in [0.15, 0.2) is 30.3 Å². The number of fused-ring (bicyclic) bond motifs is 1. The molecule has 0 saturated heterocycles. The first-order valence-electron chi connectivity index (χ1n) is 9.76. The molecule has 8 nitrogen and oxygen atoms in total. The number of hydrogen-bond acceptors (Lipinski definition) is 8. The molecule has 2 aromatic heterocycles. The Hall–Kier alpha value is -3.13. The summed E-state index contributed by atoms with van der Waals surface area (Å²) in [6, 6.07) is 10.1. The van der Waals surface area contributed by atoms with Crippen molar-refractivity contribution in [3.8, 4) is 22.8 Å². The van der Waals surface area contributed by atoms with Crippen LogP contribution in [-0.2, 0) is 0 Å². The van der Waals surface area contributed by atoms with Crippen molar-refractivity contribution >= 4 is 22.8 Å². The highest BCUT2D eigenvalue weighted by molar-refractivity contribution is 5.88. The molecule has 1 aliphatic rings. The van der Waals surface area contributed by atoms with Crippen molar-refractivity contribution < 1.29 is 9.47 Å². The summed E-state index contributed by atoms with van der Waals surface area (Å²) in [7, 11) is 3.23. The first kappa shape index (κ1) is 19.2. The van der Waals surface area contributed by atoms with Crippen molar-refractivity contribution in [1.29, 1.82) is 0 Å². The summed E-state index contributed by atoms with van der Waals surface area (Å²) < 4.78 is 10.7. The fourth-order valence-electron chi connectivity index (χ4n) is 3.75. The van der Waals surface area contributed by atoms with Gasteiger partial charge in [0.05, 0.1) is 25.4 Å². The summed E-state index contributed by atoms with van der Waals surface area (Å²) in [6.07, 6.45) is 4.00. The topological polar surface area (TPSA) is 121 Å². The van der Waals surface area contributed by atoms with Gasteiger partial charge in [0.25, 0.3) is 0 Å². The van der Waals surface area contributed by atoms with E-state index in [1.165, 1.54) is 0 Å². The molecule has 0 amide bonds. The average Bonchev–Trinajstić information content (AvgIpc) is 2.74. The number of hydrogen-bond donors (Lipinski definition) is 3. The van der Waals surface area contributed by atoms with Gasteiger partial charge in [-0.3, -0.25) is 0 Å². The Morgan fingerprint density at radius 3 is 2.41 bits per heavy atom. The number of nitrogens with one attached hydrogen (secondary N) is 1. The van der Waals surface area contributed by atoms with Crippen molar-refractivity contribution in [3.63, 3.8) is 0 Å². The van der Waals surface area contributed by atoms with Crippen LogP contribution in [0.1, 0.15) is 25.7 Å². The van der Waals surface area contributed by atoms with Gasteiger partial charge in [-0.15, -0.1) is 0 Å². The second-order valence-electron chi connectivity index (χ2n) is 7.32. The van der Waals surface area contributed by atoms with E-state index in [1.54, 1.807) is 14.2 Å². The van der Waals surface area contributed by atoms with Crippen LogP contribution in [-0.4, -0.2) is 41.3 Å². The van der Waals surface area contributed by atoms with Crippen LogP contribution in [0.25, 0.3) is 22.3 Å². The highest BCUT2D eigenvalue weighted by Gasteiger charge is 2.20. The Morgan fingerprint density at radius 2 is 1.69 bits per heavy atom. The molecule has 152 valence electrons. The van der Waals surface area contributed by atoms with Crippen LogP contribution < -0.4 is 26.3 Å². The minimum Gasteiger partial charge on any atom is -0.493 e. The molecule has 4 rings (SSSR count). The van der Waals surface area contributed by atoms with Crippen molar-refractivity contribution in [2.24, 2.45) is 5.73 Å². The van der Waals surface area contributed by atoms with Gasteiger partial charge in [-0.05, 0) is 56.0 Å². The molecule has 3 aromatic rings. The molecule has 0 radical (unpaired) electrons. The molecule has 5 N–H and O–H groups in total. The van der Waals surface area contributed by atoms with Crippen LogP contribution in [0.3, 0.4) is 0 Å². The fraction of sp³-hybridized carbons (Fsp3) is 0.381. The summed E-state index contributed by atoms with van der Waals surface area (Å²) in [5.41, 5.74) is 15.1. The highest BCUT2D eigenvalue weighted by Crippen LogP contribution is 2.33. The molecule has 1 aromatic carbocycles. The third kappa shape index (κ3) is 4.02. The monoisotopic (exact) mass is 394 g/mol. The smallest absolute Gasteiger partial charge is 0.222 e. The van der Waals surface area contributed by atoms with Gasteiger partial charge in [-0.25, -0.2) is 9.97 Å². The quantitative estimate of drug-likeness (QED) is 0.604. The van der Waals surface area contributed by atoms with Gasteiger partial charge >= 0.3 is 0 Å². The van der Waals surface area contributed by atoms with Gasteiger partial charge in [-0.1, -0.05) is 0 Å². The van der Waals surface area contributed by atoms with Crippen LogP contribution in [0.5, 0.6) is 11.5 Å². The number of rotatable bonds is 5. The third-order valence-electron chi connectivity index (χ3n) is 5.35. The van der Waals surface area contributed by atoms with E-state index in [0.29, 0.717) is 34.4 Å². The number of ether oxygens (including phenoxy) is 2. The summed E-state index contributed by atoms with van der Waals surface area (Å²) in [6.45, 7) is 0. The van der Waals surface area contributed by atoms with Gasteiger partial charge in [0.15, 0.2) is 17.3 Å². The third-order valence-corrected chi connectivity index (χ3v) is 5.35. The van der Waals surface area contributed by atoms with E-state index in [0.717, 1.165) is 36.9 Å². The van der Waals surface area contributed by atoms with Gasteiger partial charge < -0.3 is 26.3 Å². The number of benzene rings is 1. The number of aromatic nitrogens is 3. The molecule has 29 heavy (non-hydrogen) atoms. The highest BCUT2D eigenvalue weighted by atomic mass is 16.5. The molecule has 1 saturated carbocycles. The summed E-state index contributed by atoms with van der Waals surface area (Å²) in [5, 5.41) is 3.51. The first-order valence-corrected chi connectivity index (χ1v) is 9.76. The maximum atomic E-state index is 6.03. The van der Waals surface area contributed by atoms with Gasteiger partial charge in [0.2, 0.25) is 5.95 Å². The van der Waals surface area contributed by atoms with Crippen LogP contribution in [0.4, 0.5) is 11.8 Å².